The maximum absolute atomic E-state index is 5.08. The Hall–Kier alpha value is -3.46. The number of aromatic nitrogens is 3. The molecule has 5 rings (SSSR count). The molecule has 0 atom stereocenters. The number of nitrogens with zero attached hydrogens (tertiary/aromatic N) is 3. The number of aryl methyl sites for hydroxylation is 4. The Kier molecular flexibility index (Phi) is 3.99. The van der Waals surface area contributed by atoms with Crippen LogP contribution in [0.4, 0.5) is 0 Å². The molecule has 3 aromatic carbocycles. The van der Waals surface area contributed by atoms with E-state index in [4.69, 9.17) is 10.1 Å². The van der Waals surface area contributed by atoms with Gasteiger partial charge in [-0.3, -0.25) is 0 Å². The van der Waals surface area contributed by atoms with E-state index in [1.807, 2.05) is 22.9 Å². The average Bonchev–Trinajstić information content (AvgIpc) is 3.05. The maximum Gasteiger partial charge on any atom is 0.164 e. The normalized spacial score (nSPS) is 11.4. The van der Waals surface area contributed by atoms with Crippen molar-refractivity contribution in [3.63, 3.8) is 0 Å². The molecule has 142 valence electrons. The molecule has 0 aliphatic heterocycles. The average molecular weight is 377 g/mol. The molecule has 0 saturated carbocycles. The quantitative estimate of drug-likeness (QED) is 0.353. The number of pyridine rings is 1. The molecule has 3 nitrogen and oxygen atoms in total. The van der Waals surface area contributed by atoms with E-state index in [0.29, 0.717) is 0 Å². The largest absolute Gasteiger partial charge is 0.228 e. The van der Waals surface area contributed by atoms with Crippen LogP contribution < -0.4 is 0 Å². The van der Waals surface area contributed by atoms with E-state index in [1.54, 1.807) is 0 Å². The third-order valence-electron chi connectivity index (χ3n) is 5.73. The number of fused-ring (bicyclic) bond motifs is 2. The zero-order valence-electron chi connectivity index (χ0n) is 17.2. The molecule has 0 amide bonds. The molecule has 2 heterocycles. The van der Waals surface area contributed by atoms with Gasteiger partial charge in [0.2, 0.25) is 0 Å². The summed E-state index contributed by atoms with van der Waals surface area (Å²) in [5, 5.41) is 7.19. The predicted octanol–water partition coefficient (Wildman–Crippen LogP) is 6.47. The molecular weight excluding hydrogens is 354 g/mol. The van der Waals surface area contributed by atoms with Gasteiger partial charge in [-0.15, -0.1) is 0 Å². The van der Waals surface area contributed by atoms with Crippen LogP contribution in [-0.2, 0) is 0 Å². The van der Waals surface area contributed by atoms with Crippen LogP contribution in [0, 0.1) is 27.7 Å². The molecule has 3 heteroatoms. The lowest BCUT2D eigenvalue weighted by Crippen LogP contribution is -1.98. The van der Waals surface area contributed by atoms with Crippen molar-refractivity contribution in [2.75, 3.05) is 0 Å². The summed E-state index contributed by atoms with van der Waals surface area (Å²) in [4.78, 5) is 5.08. The van der Waals surface area contributed by atoms with E-state index in [2.05, 4.69) is 76.2 Å². The first-order chi connectivity index (χ1) is 14.0. The fourth-order valence-corrected chi connectivity index (χ4v) is 4.02. The molecule has 0 spiro atoms. The zero-order valence-corrected chi connectivity index (χ0v) is 17.2. The van der Waals surface area contributed by atoms with Crippen LogP contribution in [-0.4, -0.2) is 14.8 Å². The van der Waals surface area contributed by atoms with Crippen molar-refractivity contribution in [1.82, 2.24) is 14.8 Å². The summed E-state index contributed by atoms with van der Waals surface area (Å²) in [6.45, 7) is 8.51. The van der Waals surface area contributed by atoms with Gasteiger partial charge in [-0.05, 0) is 68.7 Å². The third-order valence-corrected chi connectivity index (χ3v) is 5.73. The SMILES string of the molecule is Cc1ccc(-c2c3cc(C)c(C)cc3nc3c2c(C)nn3-c2ccccc2)cc1. The van der Waals surface area contributed by atoms with E-state index in [-0.39, 0.29) is 0 Å². The van der Waals surface area contributed by atoms with Gasteiger partial charge in [0.1, 0.15) is 0 Å². The second-order valence-corrected chi connectivity index (χ2v) is 7.84. The summed E-state index contributed by atoms with van der Waals surface area (Å²) in [5.74, 6) is 0. The molecule has 5 aromatic rings. The Morgan fingerprint density at radius 3 is 2.17 bits per heavy atom. The van der Waals surface area contributed by atoms with Gasteiger partial charge in [0.05, 0.1) is 22.3 Å². The number of hydrogen-bond acceptors (Lipinski definition) is 2. The lowest BCUT2D eigenvalue weighted by atomic mass is 9.94. The minimum atomic E-state index is 0.903. The standard InChI is InChI=1S/C26H23N3/c1-16-10-12-20(13-11-16)25-22-14-17(2)18(3)15-23(22)27-26-24(25)19(4)28-29(26)21-8-6-5-7-9-21/h5-15H,1-4H3. The van der Waals surface area contributed by atoms with Crippen molar-refractivity contribution in [3.8, 4) is 16.8 Å². The smallest absolute Gasteiger partial charge is 0.164 e. The molecule has 0 N–H and O–H groups in total. The van der Waals surface area contributed by atoms with E-state index in [9.17, 15) is 0 Å². The monoisotopic (exact) mass is 377 g/mol. The Morgan fingerprint density at radius 2 is 1.45 bits per heavy atom. The highest BCUT2D eigenvalue weighted by molar-refractivity contribution is 6.10. The Bertz CT molecular complexity index is 1360. The van der Waals surface area contributed by atoms with Crippen molar-refractivity contribution in [2.24, 2.45) is 0 Å². The van der Waals surface area contributed by atoms with Crippen molar-refractivity contribution in [2.45, 2.75) is 27.7 Å². The summed E-state index contributed by atoms with van der Waals surface area (Å²) in [6.07, 6.45) is 0. The van der Waals surface area contributed by atoms with Gasteiger partial charge >= 0.3 is 0 Å². The van der Waals surface area contributed by atoms with Gasteiger partial charge in [-0.25, -0.2) is 9.67 Å². The van der Waals surface area contributed by atoms with E-state index in [0.717, 1.165) is 27.9 Å². The molecule has 0 fully saturated rings. The second kappa shape index (κ2) is 6.56. The van der Waals surface area contributed by atoms with Crippen molar-refractivity contribution < 1.29 is 0 Å². The van der Waals surface area contributed by atoms with Crippen LogP contribution in [0.3, 0.4) is 0 Å². The fraction of sp³-hybridized carbons (Fsp3) is 0.154. The summed E-state index contributed by atoms with van der Waals surface area (Å²) in [6, 6.07) is 23.5. The summed E-state index contributed by atoms with van der Waals surface area (Å²) < 4.78 is 1.97. The number of rotatable bonds is 2. The summed E-state index contributed by atoms with van der Waals surface area (Å²) >= 11 is 0. The molecule has 0 unspecified atom stereocenters. The highest BCUT2D eigenvalue weighted by Crippen LogP contribution is 2.38. The molecule has 0 aliphatic rings. The lowest BCUT2D eigenvalue weighted by Gasteiger charge is -2.12. The topological polar surface area (TPSA) is 30.7 Å². The Labute approximate surface area is 170 Å². The number of benzene rings is 3. The van der Waals surface area contributed by atoms with Gasteiger partial charge in [0, 0.05) is 10.9 Å². The van der Waals surface area contributed by atoms with E-state index < -0.39 is 0 Å². The Morgan fingerprint density at radius 1 is 0.759 bits per heavy atom. The van der Waals surface area contributed by atoms with Crippen molar-refractivity contribution in [1.29, 1.82) is 0 Å². The number of hydrogen-bond donors (Lipinski definition) is 0. The second-order valence-electron chi connectivity index (χ2n) is 7.84. The maximum atomic E-state index is 5.08. The van der Waals surface area contributed by atoms with Gasteiger partial charge in [0.25, 0.3) is 0 Å². The summed E-state index contributed by atoms with van der Waals surface area (Å²) in [5.41, 5.74) is 10.1. The van der Waals surface area contributed by atoms with Crippen LogP contribution in [0.5, 0.6) is 0 Å². The molecule has 0 bridgehead atoms. The predicted molar refractivity (Wildman–Crippen MR) is 121 cm³/mol. The van der Waals surface area contributed by atoms with Crippen LogP contribution in [0.2, 0.25) is 0 Å². The minimum Gasteiger partial charge on any atom is -0.228 e. The molecule has 0 radical (unpaired) electrons. The van der Waals surface area contributed by atoms with Crippen molar-refractivity contribution in [3.05, 3.63) is 89.1 Å². The molecule has 29 heavy (non-hydrogen) atoms. The molecule has 2 aromatic heterocycles. The molecular formula is C26H23N3. The summed E-state index contributed by atoms with van der Waals surface area (Å²) in [7, 11) is 0. The fourth-order valence-electron chi connectivity index (χ4n) is 4.02. The molecule has 0 saturated heterocycles. The van der Waals surface area contributed by atoms with Gasteiger partial charge in [-0.2, -0.15) is 5.10 Å². The molecule has 0 aliphatic carbocycles. The van der Waals surface area contributed by atoms with Crippen LogP contribution in [0.1, 0.15) is 22.4 Å². The first-order valence-corrected chi connectivity index (χ1v) is 9.95. The van der Waals surface area contributed by atoms with Gasteiger partial charge in [-0.1, -0.05) is 48.0 Å². The van der Waals surface area contributed by atoms with Crippen LogP contribution >= 0.6 is 0 Å². The van der Waals surface area contributed by atoms with Gasteiger partial charge < -0.3 is 0 Å². The highest BCUT2D eigenvalue weighted by Gasteiger charge is 2.19. The number of para-hydroxylation sites is 1. The third kappa shape index (κ3) is 2.82. The minimum absolute atomic E-state index is 0.903. The highest BCUT2D eigenvalue weighted by atomic mass is 15.3. The first-order valence-electron chi connectivity index (χ1n) is 9.95. The van der Waals surface area contributed by atoms with Crippen LogP contribution in [0.25, 0.3) is 38.8 Å². The van der Waals surface area contributed by atoms with Crippen molar-refractivity contribution >= 4 is 21.9 Å². The Balaban J connectivity index is 1.96. The lowest BCUT2D eigenvalue weighted by molar-refractivity contribution is 0.879. The van der Waals surface area contributed by atoms with E-state index >= 15 is 0 Å². The van der Waals surface area contributed by atoms with E-state index in [1.165, 1.54) is 33.2 Å². The van der Waals surface area contributed by atoms with Gasteiger partial charge in [0.15, 0.2) is 5.65 Å². The first kappa shape index (κ1) is 17.6. The van der Waals surface area contributed by atoms with Crippen LogP contribution in [0.15, 0.2) is 66.7 Å². The zero-order chi connectivity index (χ0) is 20.1.